The summed E-state index contributed by atoms with van der Waals surface area (Å²) in [6.45, 7) is 2.45. The highest BCUT2D eigenvalue weighted by atomic mass is 79.9. The van der Waals surface area contributed by atoms with Crippen LogP contribution in [0, 0.1) is 6.92 Å². The first kappa shape index (κ1) is 12.3. The molecule has 0 atom stereocenters. The van der Waals surface area contributed by atoms with Crippen molar-refractivity contribution in [1.82, 2.24) is 5.48 Å². The Morgan fingerprint density at radius 3 is 2.67 bits per heavy atom. The van der Waals surface area contributed by atoms with Crippen LogP contribution < -0.4 is 10.2 Å². The molecular formula is C10H14BrNO3. The first-order chi connectivity index (χ1) is 7.11. The maximum atomic E-state index is 9.62. The third-order valence-corrected chi connectivity index (χ3v) is 2.96. The molecule has 0 heterocycles. The number of phenols is 1. The van der Waals surface area contributed by atoms with Crippen molar-refractivity contribution in [2.45, 2.75) is 13.5 Å². The van der Waals surface area contributed by atoms with Crippen LogP contribution >= 0.6 is 15.9 Å². The quantitative estimate of drug-likeness (QED) is 0.827. The van der Waals surface area contributed by atoms with Gasteiger partial charge in [0.25, 0.3) is 0 Å². The summed E-state index contributed by atoms with van der Waals surface area (Å²) in [7, 11) is 3.07. The molecule has 0 saturated carbocycles. The molecule has 1 aromatic rings. The van der Waals surface area contributed by atoms with Gasteiger partial charge in [-0.05, 0) is 40.0 Å². The smallest absolute Gasteiger partial charge is 0.175 e. The van der Waals surface area contributed by atoms with Crippen LogP contribution in [-0.4, -0.2) is 19.3 Å². The molecule has 4 nitrogen and oxygen atoms in total. The van der Waals surface area contributed by atoms with E-state index in [1.54, 1.807) is 13.2 Å². The predicted octanol–water partition coefficient (Wildman–Crippen LogP) is 2.12. The van der Waals surface area contributed by atoms with Crippen molar-refractivity contribution in [3.63, 3.8) is 0 Å². The van der Waals surface area contributed by atoms with E-state index in [1.807, 2.05) is 6.92 Å². The number of ether oxygens (including phenoxy) is 1. The Hall–Kier alpha value is -0.780. The van der Waals surface area contributed by atoms with E-state index in [4.69, 9.17) is 9.57 Å². The van der Waals surface area contributed by atoms with E-state index in [-0.39, 0.29) is 5.75 Å². The number of phenolic OH excluding ortho intramolecular Hbond substituents is 1. The predicted molar refractivity (Wildman–Crippen MR) is 60.9 cm³/mol. The number of nitrogens with one attached hydrogen (secondary N) is 1. The second-order valence-electron chi connectivity index (χ2n) is 3.06. The summed E-state index contributed by atoms with van der Waals surface area (Å²) < 4.78 is 5.83. The van der Waals surface area contributed by atoms with Crippen molar-refractivity contribution >= 4 is 15.9 Å². The van der Waals surface area contributed by atoms with Crippen LogP contribution in [0.2, 0.25) is 0 Å². The molecule has 84 valence electrons. The molecule has 0 bridgehead atoms. The van der Waals surface area contributed by atoms with Crippen LogP contribution in [-0.2, 0) is 11.4 Å². The molecule has 0 saturated heterocycles. The van der Waals surface area contributed by atoms with Gasteiger partial charge in [-0.3, -0.25) is 0 Å². The lowest BCUT2D eigenvalue weighted by Gasteiger charge is -2.13. The Morgan fingerprint density at radius 1 is 1.47 bits per heavy atom. The molecule has 0 aliphatic carbocycles. The van der Waals surface area contributed by atoms with E-state index >= 15 is 0 Å². The zero-order valence-corrected chi connectivity index (χ0v) is 10.5. The maximum absolute atomic E-state index is 9.62. The van der Waals surface area contributed by atoms with Gasteiger partial charge in [-0.25, -0.2) is 0 Å². The van der Waals surface area contributed by atoms with Crippen LogP contribution in [0.5, 0.6) is 11.5 Å². The van der Waals surface area contributed by atoms with E-state index in [0.29, 0.717) is 12.3 Å². The van der Waals surface area contributed by atoms with E-state index in [1.165, 1.54) is 7.11 Å². The molecule has 1 rings (SSSR count). The monoisotopic (exact) mass is 275 g/mol. The van der Waals surface area contributed by atoms with Gasteiger partial charge in [0.05, 0.1) is 18.7 Å². The second-order valence-corrected chi connectivity index (χ2v) is 3.86. The van der Waals surface area contributed by atoms with Crippen molar-refractivity contribution in [3.05, 3.63) is 21.7 Å². The summed E-state index contributed by atoms with van der Waals surface area (Å²) in [6, 6.07) is 1.66. The molecule has 15 heavy (non-hydrogen) atoms. The van der Waals surface area contributed by atoms with E-state index in [0.717, 1.165) is 15.6 Å². The van der Waals surface area contributed by atoms with Crippen molar-refractivity contribution in [3.8, 4) is 11.5 Å². The Bertz CT molecular complexity index is 355. The molecule has 0 fully saturated rings. The first-order valence-electron chi connectivity index (χ1n) is 4.42. The fourth-order valence-corrected chi connectivity index (χ4v) is 2.15. The minimum absolute atomic E-state index is 0.128. The van der Waals surface area contributed by atoms with Gasteiger partial charge in [-0.15, -0.1) is 0 Å². The largest absolute Gasteiger partial charge is 0.504 e. The maximum Gasteiger partial charge on any atom is 0.175 e. The Morgan fingerprint density at radius 2 is 2.13 bits per heavy atom. The van der Waals surface area contributed by atoms with Crippen LogP contribution in [0.3, 0.4) is 0 Å². The molecule has 5 heteroatoms. The lowest BCUT2D eigenvalue weighted by Crippen LogP contribution is -2.12. The summed E-state index contributed by atoms with van der Waals surface area (Å²) >= 11 is 3.39. The molecular weight excluding hydrogens is 262 g/mol. The highest BCUT2D eigenvalue weighted by Crippen LogP contribution is 2.38. The standard InChI is InChI=1S/C10H14BrNO3/c1-6-4-8(13)10(14-2)9(11)7(6)5-12-15-3/h4,12-13H,5H2,1-3H3. The van der Waals surface area contributed by atoms with Gasteiger partial charge in [0.1, 0.15) is 0 Å². The summed E-state index contributed by atoms with van der Waals surface area (Å²) in [4.78, 5) is 4.79. The number of aromatic hydroxyl groups is 1. The normalized spacial score (nSPS) is 10.4. The minimum Gasteiger partial charge on any atom is -0.504 e. The number of aryl methyl sites for hydroxylation is 1. The average Bonchev–Trinajstić information content (AvgIpc) is 2.17. The Balaban J connectivity index is 3.14. The number of halogens is 1. The SMILES string of the molecule is CONCc1c(C)cc(O)c(OC)c1Br. The summed E-state index contributed by atoms with van der Waals surface area (Å²) in [5.74, 6) is 0.566. The Kier molecular flexibility index (Phi) is 4.38. The number of rotatable bonds is 4. The number of benzene rings is 1. The molecule has 1 aromatic carbocycles. The first-order valence-corrected chi connectivity index (χ1v) is 5.21. The lowest BCUT2D eigenvalue weighted by atomic mass is 10.1. The summed E-state index contributed by atoms with van der Waals surface area (Å²) in [6.07, 6.45) is 0. The van der Waals surface area contributed by atoms with Crippen molar-refractivity contribution in [2.75, 3.05) is 14.2 Å². The van der Waals surface area contributed by atoms with Gasteiger partial charge < -0.3 is 14.7 Å². The average molecular weight is 276 g/mol. The van der Waals surface area contributed by atoms with Crippen LogP contribution in [0.1, 0.15) is 11.1 Å². The lowest BCUT2D eigenvalue weighted by molar-refractivity contribution is 0.0863. The highest BCUT2D eigenvalue weighted by Gasteiger charge is 2.14. The van der Waals surface area contributed by atoms with Gasteiger partial charge in [0.15, 0.2) is 11.5 Å². The van der Waals surface area contributed by atoms with Crippen molar-refractivity contribution < 1.29 is 14.7 Å². The van der Waals surface area contributed by atoms with Gasteiger partial charge >= 0.3 is 0 Å². The number of hydroxylamine groups is 1. The van der Waals surface area contributed by atoms with Crippen molar-refractivity contribution in [2.24, 2.45) is 0 Å². The zero-order chi connectivity index (χ0) is 11.4. The van der Waals surface area contributed by atoms with Gasteiger partial charge in [0.2, 0.25) is 0 Å². The molecule has 0 aliphatic rings. The van der Waals surface area contributed by atoms with Crippen LogP contribution in [0.15, 0.2) is 10.5 Å². The number of hydrogen-bond acceptors (Lipinski definition) is 4. The topological polar surface area (TPSA) is 50.7 Å². The highest BCUT2D eigenvalue weighted by molar-refractivity contribution is 9.10. The van der Waals surface area contributed by atoms with Gasteiger partial charge in [0, 0.05) is 6.54 Å². The molecule has 2 N–H and O–H groups in total. The van der Waals surface area contributed by atoms with Crippen molar-refractivity contribution in [1.29, 1.82) is 0 Å². The number of methoxy groups -OCH3 is 1. The molecule has 0 unspecified atom stereocenters. The number of hydrogen-bond donors (Lipinski definition) is 2. The Labute approximate surface area is 97.3 Å². The summed E-state index contributed by atoms with van der Waals surface area (Å²) in [5, 5.41) is 9.62. The van der Waals surface area contributed by atoms with Crippen LogP contribution in [0.4, 0.5) is 0 Å². The van der Waals surface area contributed by atoms with E-state index in [2.05, 4.69) is 21.4 Å². The summed E-state index contributed by atoms with van der Waals surface area (Å²) in [5.41, 5.74) is 4.70. The van der Waals surface area contributed by atoms with E-state index < -0.39 is 0 Å². The fourth-order valence-electron chi connectivity index (χ4n) is 1.34. The van der Waals surface area contributed by atoms with E-state index in [9.17, 15) is 5.11 Å². The molecule has 0 amide bonds. The zero-order valence-electron chi connectivity index (χ0n) is 8.93. The molecule has 0 aliphatic heterocycles. The molecule has 0 radical (unpaired) electrons. The molecule has 0 aromatic heterocycles. The minimum atomic E-state index is 0.128. The second kappa shape index (κ2) is 5.34. The van der Waals surface area contributed by atoms with Gasteiger partial charge in [-0.1, -0.05) is 0 Å². The molecule has 0 spiro atoms. The third kappa shape index (κ3) is 2.62. The van der Waals surface area contributed by atoms with Crippen LogP contribution in [0.25, 0.3) is 0 Å². The fraction of sp³-hybridized carbons (Fsp3) is 0.400. The van der Waals surface area contributed by atoms with Gasteiger partial charge in [-0.2, -0.15) is 5.48 Å². The third-order valence-electron chi connectivity index (χ3n) is 2.12.